The Hall–Kier alpha value is -2.77. The fraction of sp³-hybridized carbons (Fsp3) is 0.500. The number of hydrogen-bond acceptors (Lipinski definition) is 5. The van der Waals surface area contributed by atoms with Gasteiger partial charge in [-0.1, -0.05) is 18.2 Å². The van der Waals surface area contributed by atoms with Crippen LogP contribution in [0, 0.1) is 0 Å². The second-order valence-electron chi connectivity index (χ2n) is 7.06. The topological polar surface area (TPSA) is 84.2 Å². The van der Waals surface area contributed by atoms with Crippen LogP contribution in [0.3, 0.4) is 0 Å². The first-order chi connectivity index (χ1) is 12.6. The van der Waals surface area contributed by atoms with Crippen LogP contribution in [0.5, 0.6) is 0 Å². The summed E-state index contributed by atoms with van der Waals surface area (Å²) in [4.78, 5) is 29.3. The van der Waals surface area contributed by atoms with E-state index in [1.54, 1.807) is 15.9 Å². The van der Waals surface area contributed by atoms with Gasteiger partial charge in [0.15, 0.2) is 0 Å². The van der Waals surface area contributed by atoms with Crippen molar-refractivity contribution in [3.8, 4) is 0 Å². The van der Waals surface area contributed by atoms with E-state index in [1.807, 2.05) is 36.2 Å². The molecule has 1 atom stereocenters. The maximum absolute atomic E-state index is 13.0. The van der Waals surface area contributed by atoms with Crippen LogP contribution >= 0.6 is 0 Å². The van der Waals surface area contributed by atoms with Gasteiger partial charge in [0.2, 0.25) is 11.8 Å². The highest BCUT2D eigenvalue weighted by atomic mass is 16.2. The van der Waals surface area contributed by atoms with E-state index in [0.29, 0.717) is 32.5 Å². The van der Waals surface area contributed by atoms with Crippen molar-refractivity contribution in [1.29, 1.82) is 0 Å². The molecular formula is C18H22N6O2. The second-order valence-corrected chi connectivity index (χ2v) is 7.06. The van der Waals surface area contributed by atoms with E-state index in [0.717, 1.165) is 24.1 Å². The number of tetrazole rings is 1. The standard InChI is InChI=1S/C18H22N6O2/c1-22-15-7-3-2-6-14(15)18(17(22)26)9-5-10-23(12-18)16(25)8-4-11-24-13-19-20-21-24/h2-3,6-7,13H,4-5,8-12H2,1H3. The minimum Gasteiger partial charge on any atom is -0.341 e. The normalized spacial score (nSPS) is 22.1. The van der Waals surface area contributed by atoms with Crippen molar-refractivity contribution in [2.75, 3.05) is 25.0 Å². The van der Waals surface area contributed by atoms with E-state index < -0.39 is 5.41 Å². The van der Waals surface area contributed by atoms with Crippen LogP contribution in [-0.4, -0.2) is 57.1 Å². The Balaban J connectivity index is 1.47. The summed E-state index contributed by atoms with van der Waals surface area (Å²) in [6.07, 6.45) is 4.29. The molecule has 1 unspecified atom stereocenters. The third-order valence-corrected chi connectivity index (χ3v) is 5.51. The summed E-state index contributed by atoms with van der Waals surface area (Å²) in [5.74, 6) is 0.196. The SMILES string of the molecule is CN1C(=O)C2(CCCN(C(=O)CCCn3cnnn3)C2)c2ccccc21. The quantitative estimate of drug-likeness (QED) is 0.817. The van der Waals surface area contributed by atoms with E-state index >= 15 is 0 Å². The monoisotopic (exact) mass is 354 g/mol. The molecule has 136 valence electrons. The van der Waals surface area contributed by atoms with Crippen molar-refractivity contribution in [3.05, 3.63) is 36.2 Å². The number of para-hydroxylation sites is 1. The molecule has 26 heavy (non-hydrogen) atoms. The number of nitrogens with zero attached hydrogens (tertiary/aromatic N) is 6. The molecule has 2 aliphatic rings. The highest BCUT2D eigenvalue weighted by Crippen LogP contribution is 2.46. The molecule has 2 aliphatic heterocycles. The molecule has 8 heteroatoms. The Morgan fingerprint density at radius 2 is 2.15 bits per heavy atom. The van der Waals surface area contributed by atoms with Gasteiger partial charge in [-0.25, -0.2) is 4.68 Å². The second kappa shape index (κ2) is 6.51. The van der Waals surface area contributed by atoms with E-state index in [-0.39, 0.29) is 11.8 Å². The zero-order valence-electron chi connectivity index (χ0n) is 14.8. The van der Waals surface area contributed by atoms with Gasteiger partial charge in [0.25, 0.3) is 0 Å². The maximum Gasteiger partial charge on any atom is 0.239 e. The fourth-order valence-electron chi connectivity index (χ4n) is 4.21. The lowest BCUT2D eigenvalue weighted by molar-refractivity contribution is -0.136. The van der Waals surface area contributed by atoms with Crippen molar-refractivity contribution in [2.24, 2.45) is 0 Å². The van der Waals surface area contributed by atoms with Gasteiger partial charge in [-0.3, -0.25) is 9.59 Å². The van der Waals surface area contributed by atoms with Crippen molar-refractivity contribution < 1.29 is 9.59 Å². The number of aryl methyl sites for hydroxylation is 1. The van der Waals surface area contributed by atoms with Gasteiger partial charge in [-0.05, 0) is 41.3 Å². The predicted octanol–water partition coefficient (Wildman–Crippen LogP) is 0.990. The van der Waals surface area contributed by atoms with Crippen LogP contribution in [0.4, 0.5) is 5.69 Å². The minimum atomic E-state index is -0.588. The Kier molecular flexibility index (Phi) is 4.18. The summed E-state index contributed by atoms with van der Waals surface area (Å²) in [6, 6.07) is 7.93. The number of likely N-dealkylation sites (N-methyl/N-ethyl adjacent to an activating group) is 1. The molecule has 0 N–H and O–H groups in total. The average Bonchev–Trinajstić information content (AvgIpc) is 3.25. The molecule has 1 aromatic carbocycles. The van der Waals surface area contributed by atoms with Crippen LogP contribution in [0.15, 0.2) is 30.6 Å². The molecule has 2 amide bonds. The number of carbonyl (C=O) groups is 2. The van der Waals surface area contributed by atoms with Crippen molar-refractivity contribution in [1.82, 2.24) is 25.1 Å². The molecule has 2 aromatic rings. The number of amides is 2. The number of hydrogen-bond donors (Lipinski definition) is 0. The Morgan fingerprint density at radius 3 is 2.96 bits per heavy atom. The van der Waals surface area contributed by atoms with Crippen LogP contribution in [-0.2, 0) is 21.5 Å². The van der Waals surface area contributed by atoms with Gasteiger partial charge >= 0.3 is 0 Å². The molecular weight excluding hydrogens is 332 g/mol. The van der Waals surface area contributed by atoms with Gasteiger partial charge in [0.1, 0.15) is 6.33 Å². The molecule has 0 bridgehead atoms. The molecule has 0 aliphatic carbocycles. The third kappa shape index (κ3) is 2.65. The first-order valence-corrected chi connectivity index (χ1v) is 8.98. The lowest BCUT2D eigenvalue weighted by atomic mass is 9.75. The molecule has 0 radical (unpaired) electrons. The zero-order chi connectivity index (χ0) is 18.1. The number of anilines is 1. The number of rotatable bonds is 4. The lowest BCUT2D eigenvalue weighted by Gasteiger charge is -2.39. The lowest BCUT2D eigenvalue weighted by Crippen LogP contribution is -2.53. The Morgan fingerprint density at radius 1 is 1.31 bits per heavy atom. The summed E-state index contributed by atoms with van der Waals surface area (Å²) < 4.78 is 1.62. The Bertz CT molecular complexity index is 821. The first-order valence-electron chi connectivity index (χ1n) is 8.98. The van der Waals surface area contributed by atoms with Crippen LogP contribution < -0.4 is 4.90 Å². The van der Waals surface area contributed by atoms with E-state index in [2.05, 4.69) is 15.5 Å². The smallest absolute Gasteiger partial charge is 0.239 e. The predicted molar refractivity (Wildman–Crippen MR) is 94.4 cm³/mol. The number of aromatic nitrogens is 4. The summed E-state index contributed by atoms with van der Waals surface area (Å²) in [6.45, 7) is 1.80. The van der Waals surface area contributed by atoms with Gasteiger partial charge in [0, 0.05) is 38.8 Å². The molecule has 1 fully saturated rings. The molecule has 1 spiro atoms. The van der Waals surface area contributed by atoms with Gasteiger partial charge < -0.3 is 9.80 Å². The van der Waals surface area contributed by atoms with Crippen LogP contribution in [0.25, 0.3) is 0 Å². The summed E-state index contributed by atoms with van der Waals surface area (Å²) in [7, 11) is 1.82. The highest BCUT2D eigenvalue weighted by molar-refractivity contribution is 6.08. The average molecular weight is 354 g/mol. The van der Waals surface area contributed by atoms with Gasteiger partial charge in [-0.2, -0.15) is 0 Å². The summed E-state index contributed by atoms with van der Waals surface area (Å²) >= 11 is 0. The Labute approximate surface area is 151 Å². The molecule has 8 nitrogen and oxygen atoms in total. The number of benzene rings is 1. The van der Waals surface area contributed by atoms with Crippen molar-refractivity contribution in [2.45, 2.75) is 37.6 Å². The van der Waals surface area contributed by atoms with Crippen molar-refractivity contribution >= 4 is 17.5 Å². The number of carbonyl (C=O) groups excluding carboxylic acids is 2. The number of likely N-dealkylation sites (tertiary alicyclic amines) is 1. The number of piperidine rings is 1. The summed E-state index contributed by atoms with van der Waals surface area (Å²) in [5.41, 5.74) is 1.43. The molecule has 0 saturated carbocycles. The molecule has 3 heterocycles. The minimum absolute atomic E-state index is 0.0944. The molecule has 4 rings (SSSR count). The fourth-order valence-corrected chi connectivity index (χ4v) is 4.21. The largest absolute Gasteiger partial charge is 0.341 e. The highest BCUT2D eigenvalue weighted by Gasteiger charge is 2.52. The first kappa shape index (κ1) is 16.7. The summed E-state index contributed by atoms with van der Waals surface area (Å²) in [5, 5.41) is 11.0. The van der Waals surface area contributed by atoms with Crippen LogP contribution in [0.1, 0.15) is 31.2 Å². The van der Waals surface area contributed by atoms with E-state index in [4.69, 9.17) is 0 Å². The van der Waals surface area contributed by atoms with Gasteiger partial charge in [0.05, 0.1) is 5.41 Å². The maximum atomic E-state index is 13.0. The van der Waals surface area contributed by atoms with Crippen LogP contribution in [0.2, 0.25) is 0 Å². The zero-order valence-corrected chi connectivity index (χ0v) is 14.8. The third-order valence-electron chi connectivity index (χ3n) is 5.51. The number of fused-ring (bicyclic) bond motifs is 2. The molecule has 1 saturated heterocycles. The van der Waals surface area contributed by atoms with Crippen molar-refractivity contribution in [3.63, 3.8) is 0 Å². The molecule has 1 aromatic heterocycles. The van der Waals surface area contributed by atoms with E-state index in [1.165, 1.54) is 0 Å². The van der Waals surface area contributed by atoms with Gasteiger partial charge in [-0.15, -0.1) is 5.10 Å². The van der Waals surface area contributed by atoms with E-state index in [9.17, 15) is 9.59 Å².